The number of halogens is 3. The number of benzene rings is 1. The van der Waals surface area contributed by atoms with Crippen molar-refractivity contribution in [3.05, 3.63) is 29.8 Å². The van der Waals surface area contributed by atoms with Crippen LogP contribution in [0.1, 0.15) is 25.8 Å². The molecule has 0 aliphatic rings. The van der Waals surface area contributed by atoms with Gasteiger partial charge in [0.2, 0.25) is 5.91 Å². The Bertz CT molecular complexity index is 638. The summed E-state index contributed by atoms with van der Waals surface area (Å²) in [6.07, 6.45) is -5.38. The molecule has 1 aromatic rings. The van der Waals surface area contributed by atoms with Gasteiger partial charge in [0, 0.05) is 6.61 Å². The molecule has 0 unspecified atom stereocenters. The predicted molar refractivity (Wildman–Crippen MR) is 79.9 cm³/mol. The number of nitriles is 1. The number of ketones is 1. The van der Waals surface area contributed by atoms with Crippen LogP contribution in [-0.2, 0) is 20.5 Å². The van der Waals surface area contributed by atoms with Gasteiger partial charge in [-0.25, -0.2) is 0 Å². The summed E-state index contributed by atoms with van der Waals surface area (Å²) in [7, 11) is 0. The first-order chi connectivity index (χ1) is 11.3. The lowest BCUT2D eigenvalue weighted by molar-refractivity contribution is -0.137. The van der Waals surface area contributed by atoms with Gasteiger partial charge in [-0.15, -0.1) is 0 Å². The number of rotatable bonds is 7. The van der Waals surface area contributed by atoms with Crippen molar-refractivity contribution in [2.24, 2.45) is 5.92 Å². The number of hydrogen-bond donors (Lipinski definition) is 1. The van der Waals surface area contributed by atoms with E-state index in [1.807, 2.05) is 5.32 Å². The molecule has 1 aromatic carbocycles. The quantitative estimate of drug-likeness (QED) is 0.772. The molecule has 1 amide bonds. The minimum Gasteiger partial charge on any atom is -0.371 e. The fourth-order valence-electron chi connectivity index (χ4n) is 2.08. The van der Waals surface area contributed by atoms with Crippen molar-refractivity contribution in [2.45, 2.75) is 32.5 Å². The molecule has 0 heterocycles. The van der Waals surface area contributed by atoms with Gasteiger partial charge in [-0.3, -0.25) is 9.59 Å². The Kier molecular flexibility index (Phi) is 6.92. The van der Waals surface area contributed by atoms with E-state index in [4.69, 9.17) is 10.00 Å². The lowest BCUT2D eigenvalue weighted by atomic mass is 9.98. The SMILES string of the molecule is CCO[C@@H](CC)C(=O)[C@@H](C#N)C(=O)Nc1ccccc1C(F)(F)F. The molecule has 5 nitrogen and oxygen atoms in total. The zero-order chi connectivity index (χ0) is 18.3. The van der Waals surface area contributed by atoms with Crippen LogP contribution in [0.25, 0.3) is 0 Å². The lowest BCUT2D eigenvalue weighted by Crippen LogP contribution is -2.37. The van der Waals surface area contributed by atoms with Gasteiger partial charge in [0.1, 0.15) is 6.10 Å². The number of carbonyl (C=O) groups excluding carboxylic acids is 2. The summed E-state index contributed by atoms with van der Waals surface area (Å²) >= 11 is 0. The van der Waals surface area contributed by atoms with E-state index >= 15 is 0 Å². The van der Waals surface area contributed by atoms with E-state index in [2.05, 4.69) is 0 Å². The van der Waals surface area contributed by atoms with E-state index in [1.165, 1.54) is 18.2 Å². The first-order valence-electron chi connectivity index (χ1n) is 7.28. The van der Waals surface area contributed by atoms with Gasteiger partial charge >= 0.3 is 6.18 Å². The van der Waals surface area contributed by atoms with Crippen molar-refractivity contribution in [1.29, 1.82) is 5.26 Å². The van der Waals surface area contributed by atoms with Gasteiger partial charge in [0.15, 0.2) is 11.7 Å². The molecule has 8 heteroatoms. The average Bonchev–Trinajstić information content (AvgIpc) is 2.52. The maximum absolute atomic E-state index is 12.9. The third-order valence-electron chi connectivity index (χ3n) is 3.22. The molecule has 24 heavy (non-hydrogen) atoms. The Morgan fingerprint density at radius 2 is 1.92 bits per heavy atom. The summed E-state index contributed by atoms with van der Waals surface area (Å²) in [6, 6.07) is 5.87. The second-order valence-electron chi connectivity index (χ2n) is 4.85. The second kappa shape index (κ2) is 8.45. The number of alkyl halides is 3. The van der Waals surface area contributed by atoms with Gasteiger partial charge in [-0.05, 0) is 25.5 Å². The molecule has 0 saturated heterocycles. The van der Waals surface area contributed by atoms with Crippen molar-refractivity contribution in [3.8, 4) is 6.07 Å². The normalized spacial score (nSPS) is 13.7. The van der Waals surface area contributed by atoms with E-state index in [0.717, 1.165) is 12.1 Å². The van der Waals surface area contributed by atoms with E-state index < -0.39 is 41.1 Å². The summed E-state index contributed by atoms with van der Waals surface area (Å²) in [5.74, 6) is -3.64. The smallest absolute Gasteiger partial charge is 0.371 e. The Balaban J connectivity index is 3.02. The van der Waals surface area contributed by atoms with Gasteiger partial charge in [0.25, 0.3) is 0 Å². The van der Waals surface area contributed by atoms with E-state index in [9.17, 15) is 22.8 Å². The molecule has 1 N–H and O–H groups in total. The van der Waals surface area contributed by atoms with Crippen molar-refractivity contribution in [1.82, 2.24) is 0 Å². The van der Waals surface area contributed by atoms with Crippen molar-refractivity contribution < 1.29 is 27.5 Å². The standard InChI is InChI=1S/C16H17F3N2O3/c1-3-13(24-4-2)14(22)10(9-20)15(23)21-12-8-6-5-7-11(12)16(17,18)19/h5-8,10,13H,3-4H2,1-2H3,(H,21,23)/t10-,13+/m1/s1. The molecule has 0 bridgehead atoms. The first-order valence-corrected chi connectivity index (χ1v) is 7.28. The van der Waals surface area contributed by atoms with Crippen LogP contribution >= 0.6 is 0 Å². The number of amides is 1. The van der Waals surface area contributed by atoms with Crippen LogP contribution in [0.15, 0.2) is 24.3 Å². The van der Waals surface area contributed by atoms with Crippen LogP contribution in [0.5, 0.6) is 0 Å². The number of nitrogens with one attached hydrogen (secondary N) is 1. The topological polar surface area (TPSA) is 79.2 Å². The van der Waals surface area contributed by atoms with Gasteiger partial charge < -0.3 is 10.1 Å². The molecule has 0 spiro atoms. The number of Topliss-reactive ketones (excluding diaryl/α,β-unsaturated/α-hetero) is 1. The van der Waals surface area contributed by atoms with E-state index in [-0.39, 0.29) is 13.0 Å². The third-order valence-corrected chi connectivity index (χ3v) is 3.22. The highest BCUT2D eigenvalue weighted by Crippen LogP contribution is 2.34. The van der Waals surface area contributed by atoms with Crippen LogP contribution in [0.4, 0.5) is 18.9 Å². The minimum atomic E-state index is -4.67. The zero-order valence-corrected chi connectivity index (χ0v) is 13.2. The van der Waals surface area contributed by atoms with Crippen molar-refractivity contribution >= 4 is 17.4 Å². The fraction of sp³-hybridized carbons (Fsp3) is 0.438. The molecule has 0 saturated carbocycles. The van der Waals surface area contributed by atoms with Crippen LogP contribution in [0.2, 0.25) is 0 Å². The molecule has 1 rings (SSSR count). The molecule has 2 atom stereocenters. The molecule has 0 radical (unpaired) electrons. The van der Waals surface area contributed by atoms with E-state index in [0.29, 0.717) is 0 Å². The maximum atomic E-state index is 12.9. The Morgan fingerprint density at radius 3 is 2.42 bits per heavy atom. The summed E-state index contributed by atoms with van der Waals surface area (Å²) in [5, 5.41) is 11.1. The first kappa shape index (κ1) is 19.6. The summed E-state index contributed by atoms with van der Waals surface area (Å²) in [6.45, 7) is 3.50. The van der Waals surface area contributed by atoms with Gasteiger partial charge in [-0.2, -0.15) is 18.4 Å². The second-order valence-corrected chi connectivity index (χ2v) is 4.85. The highest BCUT2D eigenvalue weighted by Gasteiger charge is 2.36. The summed E-state index contributed by atoms with van der Waals surface area (Å²) in [5.41, 5.74) is -1.56. The number of carbonyl (C=O) groups is 2. The number of nitrogens with zero attached hydrogens (tertiary/aromatic N) is 1. The third kappa shape index (κ3) is 4.80. The van der Waals surface area contributed by atoms with Crippen molar-refractivity contribution in [3.63, 3.8) is 0 Å². The Morgan fingerprint density at radius 1 is 1.29 bits per heavy atom. The molecule has 0 fully saturated rings. The number of anilines is 1. The van der Waals surface area contributed by atoms with Crippen molar-refractivity contribution in [2.75, 3.05) is 11.9 Å². The molecule has 130 valence electrons. The maximum Gasteiger partial charge on any atom is 0.418 e. The number of para-hydroxylation sites is 1. The predicted octanol–water partition coefficient (Wildman–Crippen LogP) is 3.17. The summed E-state index contributed by atoms with van der Waals surface area (Å²) < 4.78 is 43.9. The fourth-order valence-corrected chi connectivity index (χ4v) is 2.08. The number of ether oxygens (including phenoxy) is 1. The molecule has 0 aliphatic carbocycles. The highest BCUT2D eigenvalue weighted by molar-refractivity contribution is 6.11. The van der Waals surface area contributed by atoms with Crippen LogP contribution in [-0.4, -0.2) is 24.4 Å². The Labute approximate surface area is 137 Å². The molecular formula is C16H17F3N2O3. The van der Waals surface area contributed by atoms with Crippen LogP contribution < -0.4 is 5.32 Å². The van der Waals surface area contributed by atoms with Crippen LogP contribution in [0, 0.1) is 17.2 Å². The molecule has 0 aromatic heterocycles. The monoisotopic (exact) mass is 342 g/mol. The largest absolute Gasteiger partial charge is 0.418 e. The Hall–Kier alpha value is -2.40. The molecular weight excluding hydrogens is 325 g/mol. The van der Waals surface area contributed by atoms with Crippen LogP contribution in [0.3, 0.4) is 0 Å². The van der Waals surface area contributed by atoms with E-state index in [1.54, 1.807) is 13.8 Å². The lowest BCUT2D eigenvalue weighted by Gasteiger charge is -2.18. The number of hydrogen-bond acceptors (Lipinski definition) is 4. The summed E-state index contributed by atoms with van der Waals surface area (Å²) in [4.78, 5) is 24.3. The highest BCUT2D eigenvalue weighted by atomic mass is 19.4. The van der Waals surface area contributed by atoms with Gasteiger partial charge in [-0.1, -0.05) is 19.1 Å². The minimum absolute atomic E-state index is 0.209. The zero-order valence-electron chi connectivity index (χ0n) is 13.2. The van der Waals surface area contributed by atoms with Gasteiger partial charge in [0.05, 0.1) is 17.3 Å². The molecule has 0 aliphatic heterocycles. The average molecular weight is 342 g/mol.